The SMILES string of the molecule is CCCCCN(C)Cc1cccc([N+](=O)[O-])c1NCCC. The van der Waals surface area contributed by atoms with Crippen LogP contribution in [0.3, 0.4) is 0 Å². The molecule has 5 nitrogen and oxygen atoms in total. The molecule has 118 valence electrons. The Balaban J connectivity index is 2.84. The molecule has 0 bridgehead atoms. The Morgan fingerprint density at radius 2 is 2.00 bits per heavy atom. The first-order chi connectivity index (χ1) is 10.1. The molecule has 0 aliphatic rings. The van der Waals surface area contributed by atoms with Crippen LogP contribution in [0, 0.1) is 10.1 Å². The number of rotatable bonds is 10. The van der Waals surface area contributed by atoms with Crippen LogP contribution in [-0.2, 0) is 6.54 Å². The fraction of sp³-hybridized carbons (Fsp3) is 0.625. The maximum atomic E-state index is 11.2. The highest BCUT2D eigenvalue weighted by atomic mass is 16.6. The molecule has 1 aromatic carbocycles. The molecule has 0 aliphatic heterocycles. The van der Waals surface area contributed by atoms with Crippen LogP contribution in [0.1, 0.15) is 45.1 Å². The highest BCUT2D eigenvalue weighted by molar-refractivity contribution is 5.66. The van der Waals surface area contributed by atoms with Gasteiger partial charge in [-0.15, -0.1) is 0 Å². The zero-order valence-electron chi connectivity index (χ0n) is 13.4. The van der Waals surface area contributed by atoms with E-state index in [1.54, 1.807) is 12.1 Å². The molecule has 21 heavy (non-hydrogen) atoms. The van der Waals surface area contributed by atoms with Gasteiger partial charge in [-0.3, -0.25) is 10.1 Å². The summed E-state index contributed by atoms with van der Waals surface area (Å²) in [5, 5.41) is 14.4. The highest BCUT2D eigenvalue weighted by Gasteiger charge is 2.17. The summed E-state index contributed by atoms with van der Waals surface area (Å²) in [5.41, 5.74) is 1.84. The molecule has 0 spiro atoms. The Hall–Kier alpha value is -1.62. The van der Waals surface area contributed by atoms with Gasteiger partial charge in [-0.2, -0.15) is 0 Å². The zero-order valence-corrected chi connectivity index (χ0v) is 13.4. The largest absolute Gasteiger partial charge is 0.379 e. The molecular weight excluding hydrogens is 266 g/mol. The molecule has 0 amide bonds. The van der Waals surface area contributed by atoms with Crippen molar-refractivity contribution in [1.82, 2.24) is 4.90 Å². The number of hydrogen-bond acceptors (Lipinski definition) is 4. The fourth-order valence-electron chi connectivity index (χ4n) is 2.33. The van der Waals surface area contributed by atoms with Gasteiger partial charge in [-0.25, -0.2) is 0 Å². The van der Waals surface area contributed by atoms with Gasteiger partial charge >= 0.3 is 0 Å². The maximum Gasteiger partial charge on any atom is 0.292 e. The van der Waals surface area contributed by atoms with Gasteiger partial charge in [-0.05, 0) is 32.0 Å². The minimum absolute atomic E-state index is 0.169. The smallest absolute Gasteiger partial charge is 0.292 e. The second-order valence-corrected chi connectivity index (χ2v) is 5.44. The molecule has 0 unspecified atom stereocenters. The first kappa shape index (κ1) is 17.4. The predicted molar refractivity (Wildman–Crippen MR) is 87.7 cm³/mol. The van der Waals surface area contributed by atoms with E-state index in [9.17, 15) is 10.1 Å². The second-order valence-electron chi connectivity index (χ2n) is 5.44. The number of hydrogen-bond donors (Lipinski definition) is 1. The van der Waals surface area contributed by atoms with Crippen LogP contribution in [0.25, 0.3) is 0 Å². The molecule has 1 aromatic rings. The van der Waals surface area contributed by atoms with Gasteiger partial charge in [0.25, 0.3) is 5.69 Å². The Morgan fingerprint density at radius 3 is 2.62 bits per heavy atom. The monoisotopic (exact) mass is 293 g/mol. The highest BCUT2D eigenvalue weighted by Crippen LogP contribution is 2.29. The number of nitro groups is 1. The van der Waals surface area contributed by atoms with Gasteiger partial charge in [-0.1, -0.05) is 38.8 Å². The number of benzene rings is 1. The average molecular weight is 293 g/mol. The van der Waals surface area contributed by atoms with Gasteiger partial charge in [0.1, 0.15) is 5.69 Å². The van der Waals surface area contributed by atoms with Crippen LogP contribution in [0.15, 0.2) is 18.2 Å². The van der Waals surface area contributed by atoms with Gasteiger partial charge in [0.15, 0.2) is 0 Å². The molecule has 1 rings (SSSR count). The maximum absolute atomic E-state index is 11.2. The summed E-state index contributed by atoms with van der Waals surface area (Å²) < 4.78 is 0. The third-order valence-corrected chi connectivity index (χ3v) is 3.46. The molecule has 5 heteroatoms. The molecule has 0 radical (unpaired) electrons. The lowest BCUT2D eigenvalue weighted by atomic mass is 10.1. The van der Waals surface area contributed by atoms with E-state index < -0.39 is 0 Å². The summed E-state index contributed by atoms with van der Waals surface area (Å²) >= 11 is 0. The van der Waals surface area contributed by atoms with Gasteiger partial charge in [0.2, 0.25) is 0 Å². The molecular formula is C16H27N3O2. The van der Waals surface area contributed by atoms with Crippen molar-refractivity contribution < 1.29 is 4.92 Å². The van der Waals surface area contributed by atoms with Crippen LogP contribution in [0.4, 0.5) is 11.4 Å². The topological polar surface area (TPSA) is 58.4 Å². The number of para-hydroxylation sites is 1. The number of unbranched alkanes of at least 4 members (excludes halogenated alkanes) is 2. The third kappa shape index (κ3) is 5.71. The molecule has 0 saturated heterocycles. The lowest BCUT2D eigenvalue weighted by Gasteiger charge is -2.19. The molecule has 0 heterocycles. The van der Waals surface area contributed by atoms with E-state index in [0.29, 0.717) is 5.69 Å². The Labute approximate surface area is 127 Å². The first-order valence-corrected chi connectivity index (χ1v) is 7.78. The minimum atomic E-state index is -0.307. The van der Waals surface area contributed by atoms with Gasteiger partial charge in [0, 0.05) is 19.2 Å². The van der Waals surface area contributed by atoms with Crippen molar-refractivity contribution in [2.24, 2.45) is 0 Å². The van der Waals surface area contributed by atoms with E-state index in [4.69, 9.17) is 0 Å². The second kappa shape index (κ2) is 9.34. The van der Waals surface area contributed by atoms with E-state index in [1.165, 1.54) is 19.3 Å². The number of nitrogens with one attached hydrogen (secondary N) is 1. The average Bonchev–Trinajstić information content (AvgIpc) is 2.45. The standard InChI is InChI=1S/C16H27N3O2/c1-4-6-7-12-18(3)13-14-9-8-10-15(19(20)21)16(14)17-11-5-2/h8-10,17H,4-7,11-13H2,1-3H3. The van der Waals surface area contributed by atoms with Crippen LogP contribution in [0.2, 0.25) is 0 Å². The molecule has 1 N–H and O–H groups in total. The van der Waals surface area contributed by atoms with E-state index in [2.05, 4.69) is 31.1 Å². The lowest BCUT2D eigenvalue weighted by Crippen LogP contribution is -2.20. The molecule has 0 aromatic heterocycles. The summed E-state index contributed by atoms with van der Waals surface area (Å²) in [7, 11) is 2.07. The van der Waals surface area contributed by atoms with Crippen molar-refractivity contribution >= 4 is 11.4 Å². The minimum Gasteiger partial charge on any atom is -0.379 e. The van der Waals surface area contributed by atoms with Crippen molar-refractivity contribution in [3.8, 4) is 0 Å². The predicted octanol–water partition coefficient (Wildman–Crippen LogP) is 4.04. The van der Waals surface area contributed by atoms with E-state index >= 15 is 0 Å². The normalized spacial score (nSPS) is 10.9. The van der Waals surface area contributed by atoms with E-state index in [-0.39, 0.29) is 10.6 Å². The van der Waals surface area contributed by atoms with Crippen molar-refractivity contribution in [3.05, 3.63) is 33.9 Å². The van der Waals surface area contributed by atoms with Crippen LogP contribution in [0.5, 0.6) is 0 Å². The first-order valence-electron chi connectivity index (χ1n) is 7.78. The third-order valence-electron chi connectivity index (χ3n) is 3.46. The Kier molecular flexibility index (Phi) is 7.75. The van der Waals surface area contributed by atoms with Crippen LogP contribution in [-0.4, -0.2) is 30.0 Å². The molecule has 0 fully saturated rings. The van der Waals surface area contributed by atoms with Crippen molar-refractivity contribution in [2.75, 3.05) is 25.5 Å². The van der Waals surface area contributed by atoms with Gasteiger partial charge in [0.05, 0.1) is 4.92 Å². The van der Waals surface area contributed by atoms with Gasteiger partial charge < -0.3 is 10.2 Å². The molecule has 0 saturated carbocycles. The summed E-state index contributed by atoms with van der Waals surface area (Å²) in [6, 6.07) is 5.31. The number of nitro benzene ring substituents is 1. The summed E-state index contributed by atoms with van der Waals surface area (Å²) in [6.07, 6.45) is 4.53. The molecule has 0 aliphatic carbocycles. The van der Waals surface area contributed by atoms with Crippen LogP contribution < -0.4 is 5.32 Å². The lowest BCUT2D eigenvalue weighted by molar-refractivity contribution is -0.384. The zero-order chi connectivity index (χ0) is 15.7. The Bertz CT molecular complexity index is 449. The van der Waals surface area contributed by atoms with Crippen molar-refractivity contribution in [2.45, 2.75) is 46.1 Å². The fourth-order valence-corrected chi connectivity index (χ4v) is 2.33. The van der Waals surface area contributed by atoms with E-state index in [1.807, 2.05) is 6.07 Å². The quantitative estimate of drug-likeness (QED) is 0.402. The summed E-state index contributed by atoms with van der Waals surface area (Å²) in [6.45, 7) is 6.74. The van der Waals surface area contributed by atoms with Crippen molar-refractivity contribution in [1.29, 1.82) is 0 Å². The number of nitrogens with zero attached hydrogens (tertiary/aromatic N) is 2. The Morgan fingerprint density at radius 1 is 1.24 bits per heavy atom. The molecule has 0 atom stereocenters. The van der Waals surface area contributed by atoms with Crippen molar-refractivity contribution in [3.63, 3.8) is 0 Å². The van der Waals surface area contributed by atoms with E-state index in [0.717, 1.165) is 31.6 Å². The van der Waals surface area contributed by atoms with Crippen LogP contribution >= 0.6 is 0 Å². The number of anilines is 1. The summed E-state index contributed by atoms with van der Waals surface area (Å²) in [5.74, 6) is 0. The summed E-state index contributed by atoms with van der Waals surface area (Å²) in [4.78, 5) is 13.1.